The SMILES string of the molecule is CCC1CCN(c2ccccc2CNCCOC)CC1. The van der Waals surface area contributed by atoms with Crippen LogP contribution in [0.15, 0.2) is 24.3 Å². The number of hydrogen-bond acceptors (Lipinski definition) is 3. The number of ether oxygens (including phenoxy) is 1. The summed E-state index contributed by atoms with van der Waals surface area (Å²) in [6, 6.07) is 8.79. The maximum atomic E-state index is 5.08. The molecule has 1 aromatic rings. The van der Waals surface area contributed by atoms with Gasteiger partial charge in [-0.3, -0.25) is 0 Å². The fourth-order valence-electron chi connectivity index (χ4n) is 2.95. The van der Waals surface area contributed by atoms with Crippen LogP contribution in [0.1, 0.15) is 31.7 Å². The number of hydrogen-bond donors (Lipinski definition) is 1. The number of nitrogens with one attached hydrogen (secondary N) is 1. The van der Waals surface area contributed by atoms with E-state index >= 15 is 0 Å². The second kappa shape index (κ2) is 8.28. The van der Waals surface area contributed by atoms with Gasteiger partial charge in [0.15, 0.2) is 0 Å². The summed E-state index contributed by atoms with van der Waals surface area (Å²) >= 11 is 0. The summed E-state index contributed by atoms with van der Waals surface area (Å²) in [5.41, 5.74) is 2.81. The molecular weight excluding hydrogens is 248 g/mol. The lowest BCUT2D eigenvalue weighted by Gasteiger charge is -2.34. The van der Waals surface area contributed by atoms with Crippen molar-refractivity contribution < 1.29 is 4.74 Å². The van der Waals surface area contributed by atoms with Gasteiger partial charge in [0.1, 0.15) is 0 Å². The Labute approximate surface area is 123 Å². The molecule has 0 radical (unpaired) electrons. The van der Waals surface area contributed by atoms with Crippen molar-refractivity contribution in [2.24, 2.45) is 5.92 Å². The van der Waals surface area contributed by atoms with Crippen LogP contribution in [0.2, 0.25) is 0 Å². The summed E-state index contributed by atoms with van der Waals surface area (Å²) < 4.78 is 5.08. The summed E-state index contributed by atoms with van der Waals surface area (Å²) in [6.45, 7) is 7.31. The fraction of sp³-hybridized carbons (Fsp3) is 0.647. The Bertz CT molecular complexity index is 386. The van der Waals surface area contributed by atoms with Crippen molar-refractivity contribution in [2.75, 3.05) is 38.3 Å². The summed E-state index contributed by atoms with van der Waals surface area (Å²) in [6.07, 6.45) is 4.00. The van der Waals surface area contributed by atoms with Crippen LogP contribution in [-0.4, -0.2) is 33.4 Å². The van der Waals surface area contributed by atoms with Gasteiger partial charge >= 0.3 is 0 Å². The van der Waals surface area contributed by atoms with Crippen molar-refractivity contribution >= 4 is 5.69 Å². The Morgan fingerprint density at radius 2 is 2.00 bits per heavy atom. The van der Waals surface area contributed by atoms with E-state index in [1.807, 2.05) is 0 Å². The molecule has 1 N–H and O–H groups in total. The van der Waals surface area contributed by atoms with E-state index in [1.165, 1.54) is 43.6 Å². The van der Waals surface area contributed by atoms with Gasteiger partial charge in [0.25, 0.3) is 0 Å². The van der Waals surface area contributed by atoms with E-state index in [2.05, 4.69) is 41.4 Å². The minimum absolute atomic E-state index is 0.768. The number of benzene rings is 1. The minimum Gasteiger partial charge on any atom is -0.383 e. The Morgan fingerprint density at radius 3 is 2.70 bits per heavy atom. The van der Waals surface area contributed by atoms with Gasteiger partial charge in [-0.25, -0.2) is 0 Å². The molecule has 112 valence electrons. The van der Waals surface area contributed by atoms with Crippen LogP contribution in [0.5, 0.6) is 0 Å². The predicted octanol–water partition coefficient (Wildman–Crippen LogP) is 3.05. The van der Waals surface area contributed by atoms with Crippen LogP contribution in [0.4, 0.5) is 5.69 Å². The monoisotopic (exact) mass is 276 g/mol. The van der Waals surface area contributed by atoms with E-state index in [-0.39, 0.29) is 0 Å². The topological polar surface area (TPSA) is 24.5 Å². The standard InChI is InChI=1S/C17H28N2O/c1-3-15-8-11-19(12-9-15)17-7-5-4-6-16(17)14-18-10-13-20-2/h4-7,15,18H,3,8-14H2,1-2H3. The first kappa shape index (κ1) is 15.3. The number of anilines is 1. The van der Waals surface area contributed by atoms with Gasteiger partial charge in [-0.15, -0.1) is 0 Å². The van der Waals surface area contributed by atoms with Gasteiger partial charge in [0.2, 0.25) is 0 Å². The molecule has 3 nitrogen and oxygen atoms in total. The molecule has 0 bridgehead atoms. The molecule has 1 fully saturated rings. The van der Waals surface area contributed by atoms with Gasteiger partial charge < -0.3 is 15.0 Å². The lowest BCUT2D eigenvalue weighted by Crippen LogP contribution is -2.34. The zero-order valence-electron chi connectivity index (χ0n) is 12.9. The van der Waals surface area contributed by atoms with Crippen molar-refractivity contribution in [3.63, 3.8) is 0 Å². The third-order valence-electron chi connectivity index (χ3n) is 4.32. The molecule has 3 heteroatoms. The molecule has 0 aliphatic carbocycles. The highest BCUT2D eigenvalue weighted by molar-refractivity contribution is 5.53. The van der Waals surface area contributed by atoms with Crippen LogP contribution in [0.3, 0.4) is 0 Å². The quantitative estimate of drug-likeness (QED) is 0.775. The molecule has 1 aliphatic heterocycles. The average Bonchev–Trinajstić information content (AvgIpc) is 2.52. The molecule has 0 aromatic heterocycles. The Morgan fingerprint density at radius 1 is 1.25 bits per heavy atom. The first-order valence-corrected chi connectivity index (χ1v) is 7.87. The van der Waals surface area contributed by atoms with Crippen LogP contribution in [0.25, 0.3) is 0 Å². The number of piperidine rings is 1. The van der Waals surface area contributed by atoms with Crippen LogP contribution >= 0.6 is 0 Å². The Kier molecular flexibility index (Phi) is 6.34. The van der Waals surface area contributed by atoms with Crippen LogP contribution < -0.4 is 10.2 Å². The van der Waals surface area contributed by atoms with Gasteiger partial charge in [0.05, 0.1) is 6.61 Å². The smallest absolute Gasteiger partial charge is 0.0587 e. The molecule has 1 aromatic carbocycles. The average molecular weight is 276 g/mol. The van der Waals surface area contributed by atoms with E-state index in [0.717, 1.165) is 25.6 Å². The summed E-state index contributed by atoms with van der Waals surface area (Å²) in [5, 5.41) is 3.45. The largest absolute Gasteiger partial charge is 0.383 e. The van der Waals surface area contributed by atoms with E-state index < -0.39 is 0 Å². The van der Waals surface area contributed by atoms with Crippen molar-refractivity contribution in [1.29, 1.82) is 0 Å². The van der Waals surface area contributed by atoms with Gasteiger partial charge in [-0.2, -0.15) is 0 Å². The number of nitrogens with zero attached hydrogens (tertiary/aromatic N) is 1. The third kappa shape index (κ3) is 4.22. The third-order valence-corrected chi connectivity index (χ3v) is 4.32. The molecule has 0 unspecified atom stereocenters. The van der Waals surface area contributed by atoms with Crippen LogP contribution in [0, 0.1) is 5.92 Å². The molecule has 1 heterocycles. The highest BCUT2D eigenvalue weighted by Crippen LogP contribution is 2.27. The van der Waals surface area contributed by atoms with E-state index in [0.29, 0.717) is 0 Å². The van der Waals surface area contributed by atoms with Crippen molar-refractivity contribution in [1.82, 2.24) is 5.32 Å². The molecule has 0 spiro atoms. The lowest BCUT2D eigenvalue weighted by atomic mass is 9.94. The summed E-state index contributed by atoms with van der Waals surface area (Å²) in [5.74, 6) is 0.929. The lowest BCUT2D eigenvalue weighted by molar-refractivity contribution is 0.199. The normalized spacial score (nSPS) is 16.6. The number of methoxy groups -OCH3 is 1. The van der Waals surface area contributed by atoms with Gasteiger partial charge in [-0.05, 0) is 30.4 Å². The Balaban J connectivity index is 1.93. The first-order chi connectivity index (χ1) is 9.85. The summed E-state index contributed by atoms with van der Waals surface area (Å²) in [4.78, 5) is 2.56. The zero-order valence-corrected chi connectivity index (χ0v) is 12.9. The Hall–Kier alpha value is -1.06. The van der Waals surface area contributed by atoms with E-state index in [4.69, 9.17) is 4.74 Å². The first-order valence-electron chi connectivity index (χ1n) is 7.87. The van der Waals surface area contributed by atoms with Gasteiger partial charge in [-0.1, -0.05) is 31.5 Å². The predicted molar refractivity (Wildman–Crippen MR) is 85.3 cm³/mol. The zero-order chi connectivity index (χ0) is 14.2. The molecule has 20 heavy (non-hydrogen) atoms. The maximum Gasteiger partial charge on any atom is 0.0587 e. The van der Waals surface area contributed by atoms with E-state index in [9.17, 15) is 0 Å². The van der Waals surface area contributed by atoms with E-state index in [1.54, 1.807) is 7.11 Å². The molecule has 1 aliphatic rings. The van der Waals surface area contributed by atoms with Crippen molar-refractivity contribution in [3.8, 4) is 0 Å². The minimum atomic E-state index is 0.768. The van der Waals surface area contributed by atoms with Crippen molar-refractivity contribution in [2.45, 2.75) is 32.7 Å². The van der Waals surface area contributed by atoms with Crippen LogP contribution in [-0.2, 0) is 11.3 Å². The fourth-order valence-corrected chi connectivity index (χ4v) is 2.95. The molecule has 1 saturated heterocycles. The second-order valence-corrected chi connectivity index (χ2v) is 5.64. The van der Waals surface area contributed by atoms with Crippen molar-refractivity contribution in [3.05, 3.63) is 29.8 Å². The summed E-state index contributed by atoms with van der Waals surface area (Å²) in [7, 11) is 1.74. The number of para-hydroxylation sites is 1. The second-order valence-electron chi connectivity index (χ2n) is 5.64. The molecule has 0 saturated carbocycles. The highest BCUT2D eigenvalue weighted by atomic mass is 16.5. The highest BCUT2D eigenvalue weighted by Gasteiger charge is 2.19. The maximum absolute atomic E-state index is 5.08. The molecule has 0 atom stereocenters. The molecule has 2 rings (SSSR count). The molecule has 0 amide bonds. The van der Waals surface area contributed by atoms with Gasteiger partial charge in [0, 0.05) is 39.0 Å². The molecular formula is C17H28N2O. The number of rotatable bonds is 7.